The van der Waals surface area contributed by atoms with E-state index in [2.05, 4.69) is 24.3 Å². The summed E-state index contributed by atoms with van der Waals surface area (Å²) in [5, 5.41) is 10.4. The van der Waals surface area contributed by atoms with Crippen LogP contribution in [0, 0.1) is 11.8 Å². The fourth-order valence-corrected chi connectivity index (χ4v) is 9.61. The van der Waals surface area contributed by atoms with Gasteiger partial charge in [-0.25, -0.2) is 0 Å². The van der Waals surface area contributed by atoms with Gasteiger partial charge in [0.2, 0.25) is 11.8 Å². The Morgan fingerprint density at radius 2 is 1.80 bits per heavy atom. The van der Waals surface area contributed by atoms with Gasteiger partial charge in [-0.2, -0.15) is 0 Å². The summed E-state index contributed by atoms with van der Waals surface area (Å²) < 4.78 is 4.84. The van der Waals surface area contributed by atoms with Crippen LogP contribution in [0.15, 0.2) is 54.6 Å². The van der Waals surface area contributed by atoms with Crippen molar-refractivity contribution in [3.05, 3.63) is 60.2 Å². The van der Waals surface area contributed by atoms with Crippen molar-refractivity contribution in [2.45, 2.75) is 85.9 Å². The molecular formula is C32H40N2O5S. The quantitative estimate of drug-likeness (QED) is 0.431. The van der Waals surface area contributed by atoms with E-state index in [0.29, 0.717) is 19.6 Å². The highest BCUT2D eigenvalue weighted by atomic mass is 32.2. The second-order valence-electron chi connectivity index (χ2n) is 11.9. The SMILES string of the molecule is O=C1OCCCC/C=C\[C@H]2S[C@]34C=CCN(C5CCCCC5)C(=O)C3N([C@@H](CO)Cc3ccccc3)C(=O)[C@@H]4[C@@H]12. The molecule has 8 heteroatoms. The van der Waals surface area contributed by atoms with E-state index in [-0.39, 0.29) is 35.7 Å². The summed E-state index contributed by atoms with van der Waals surface area (Å²) in [6.07, 6.45) is 16.7. The summed E-state index contributed by atoms with van der Waals surface area (Å²) in [6.45, 7) is 0.595. The average Bonchev–Trinajstić information content (AvgIpc) is 3.37. The number of carbonyl (C=O) groups excluding carboxylic acids is 3. The number of fused-ring (bicyclic) bond motifs is 2. The van der Waals surface area contributed by atoms with E-state index < -0.39 is 28.7 Å². The zero-order valence-corrected chi connectivity index (χ0v) is 23.8. The summed E-state index contributed by atoms with van der Waals surface area (Å²) in [5.41, 5.74) is 0.993. The Morgan fingerprint density at radius 1 is 1.00 bits per heavy atom. The molecule has 4 heterocycles. The number of ether oxygens (including phenoxy) is 1. The van der Waals surface area contributed by atoms with Gasteiger partial charge in [-0.3, -0.25) is 14.4 Å². The number of benzene rings is 1. The van der Waals surface area contributed by atoms with Gasteiger partial charge >= 0.3 is 5.97 Å². The number of aliphatic hydroxyl groups is 1. The van der Waals surface area contributed by atoms with Gasteiger partial charge in [0.1, 0.15) is 6.04 Å². The van der Waals surface area contributed by atoms with Crippen molar-refractivity contribution in [3.63, 3.8) is 0 Å². The van der Waals surface area contributed by atoms with Crippen LogP contribution < -0.4 is 0 Å². The second kappa shape index (κ2) is 11.7. The number of thioether (sulfide) groups is 1. The van der Waals surface area contributed by atoms with Crippen LogP contribution in [0.25, 0.3) is 0 Å². The Balaban J connectivity index is 1.44. The Labute approximate surface area is 241 Å². The molecule has 214 valence electrons. The summed E-state index contributed by atoms with van der Waals surface area (Å²) in [7, 11) is 0. The first kappa shape index (κ1) is 27.6. The first-order chi connectivity index (χ1) is 19.5. The number of nitrogens with zero attached hydrogens (tertiary/aromatic N) is 2. The molecule has 5 aliphatic rings. The Bertz CT molecular complexity index is 1170. The number of allylic oxidation sites excluding steroid dienone is 1. The van der Waals surface area contributed by atoms with Crippen LogP contribution in [0.3, 0.4) is 0 Å². The predicted octanol–water partition coefficient (Wildman–Crippen LogP) is 3.90. The number of esters is 1. The molecule has 1 saturated carbocycles. The van der Waals surface area contributed by atoms with Crippen molar-refractivity contribution >= 4 is 29.5 Å². The first-order valence-corrected chi connectivity index (χ1v) is 15.9. The fraction of sp³-hybridized carbons (Fsp3) is 0.594. The zero-order chi connectivity index (χ0) is 27.7. The van der Waals surface area contributed by atoms with Crippen LogP contribution in [0.2, 0.25) is 0 Å². The minimum Gasteiger partial charge on any atom is -0.465 e. The highest BCUT2D eigenvalue weighted by molar-refractivity contribution is 8.02. The zero-order valence-electron chi connectivity index (χ0n) is 23.0. The standard InChI is InChI=1S/C32H40N2O5S/c35-21-24(20-22-12-5-3-6-13-22)34-28-30(37)33(23-14-7-4-8-15-23)18-11-17-32(28)27(29(34)36)26-25(40-32)16-9-1-2-10-19-39-31(26)38/h3,5-6,9,11-13,16-17,23-28,35H,1-2,4,7-8,10,14-15,18-21H2/b16-9-/t24-,25-,26+,27+,28?,32+/m1/s1. The van der Waals surface area contributed by atoms with E-state index in [9.17, 15) is 19.5 Å². The molecular weight excluding hydrogens is 524 g/mol. The van der Waals surface area contributed by atoms with Crippen LogP contribution in [-0.2, 0) is 25.5 Å². The number of aliphatic hydroxyl groups excluding tert-OH is 1. The summed E-state index contributed by atoms with van der Waals surface area (Å²) in [5.74, 6) is -2.01. The number of amides is 2. The van der Waals surface area contributed by atoms with Crippen LogP contribution in [0.4, 0.5) is 0 Å². The van der Waals surface area contributed by atoms with Crippen molar-refractivity contribution in [2.75, 3.05) is 19.8 Å². The topological polar surface area (TPSA) is 87.2 Å². The first-order valence-electron chi connectivity index (χ1n) is 15.0. The van der Waals surface area contributed by atoms with E-state index in [4.69, 9.17) is 4.74 Å². The number of hydrogen-bond acceptors (Lipinski definition) is 6. The molecule has 1 aromatic rings. The van der Waals surface area contributed by atoms with E-state index in [1.165, 1.54) is 6.42 Å². The van der Waals surface area contributed by atoms with Gasteiger partial charge in [-0.15, -0.1) is 11.8 Å². The summed E-state index contributed by atoms with van der Waals surface area (Å²) in [6, 6.07) is 8.59. The molecule has 1 aliphatic carbocycles. The molecule has 40 heavy (non-hydrogen) atoms. The van der Waals surface area contributed by atoms with E-state index in [0.717, 1.165) is 50.5 Å². The van der Waals surface area contributed by atoms with Gasteiger partial charge in [0.05, 0.1) is 35.8 Å². The van der Waals surface area contributed by atoms with Gasteiger partial charge < -0.3 is 19.6 Å². The van der Waals surface area contributed by atoms with Crippen molar-refractivity contribution in [2.24, 2.45) is 11.8 Å². The minimum atomic E-state index is -0.894. The molecule has 3 fully saturated rings. The number of rotatable bonds is 5. The lowest BCUT2D eigenvalue weighted by Crippen LogP contribution is -2.58. The lowest BCUT2D eigenvalue weighted by Gasteiger charge is -2.41. The maximum Gasteiger partial charge on any atom is 0.311 e. The number of likely N-dealkylation sites (tertiary alicyclic amines) is 1. The van der Waals surface area contributed by atoms with Crippen LogP contribution in [0.1, 0.15) is 56.9 Å². The van der Waals surface area contributed by atoms with Crippen molar-refractivity contribution in [3.8, 4) is 0 Å². The number of cyclic esters (lactones) is 1. The smallest absolute Gasteiger partial charge is 0.311 e. The number of carbonyl (C=O) groups is 3. The van der Waals surface area contributed by atoms with Gasteiger partial charge in [0, 0.05) is 17.8 Å². The molecule has 0 radical (unpaired) electrons. The highest BCUT2D eigenvalue weighted by Gasteiger charge is 2.71. The molecule has 0 aromatic heterocycles. The van der Waals surface area contributed by atoms with Gasteiger partial charge in [-0.05, 0) is 44.1 Å². The molecule has 1 spiro atoms. The third-order valence-corrected chi connectivity index (χ3v) is 11.2. The molecule has 6 atom stereocenters. The van der Waals surface area contributed by atoms with E-state index >= 15 is 0 Å². The highest BCUT2D eigenvalue weighted by Crippen LogP contribution is 2.61. The molecule has 0 bridgehead atoms. The second-order valence-corrected chi connectivity index (χ2v) is 13.4. The molecule has 7 nitrogen and oxygen atoms in total. The van der Waals surface area contributed by atoms with Gasteiger partial charge in [0.25, 0.3) is 0 Å². The maximum atomic E-state index is 14.7. The fourth-order valence-electron chi connectivity index (χ4n) is 7.62. The van der Waals surface area contributed by atoms with Crippen molar-refractivity contribution < 1.29 is 24.2 Å². The average molecular weight is 565 g/mol. The summed E-state index contributed by atoms with van der Waals surface area (Å²) in [4.78, 5) is 46.5. The normalized spacial score (nSPS) is 34.5. The monoisotopic (exact) mass is 564 g/mol. The third-order valence-electron chi connectivity index (χ3n) is 9.50. The van der Waals surface area contributed by atoms with Crippen molar-refractivity contribution in [1.29, 1.82) is 0 Å². The lowest BCUT2D eigenvalue weighted by molar-refractivity contribution is -0.154. The van der Waals surface area contributed by atoms with E-state index in [1.807, 2.05) is 35.2 Å². The third kappa shape index (κ3) is 4.81. The largest absolute Gasteiger partial charge is 0.465 e. The van der Waals surface area contributed by atoms with Gasteiger partial charge in [-0.1, -0.05) is 73.9 Å². The Hall–Kier alpha value is -2.58. The number of hydrogen-bond donors (Lipinski definition) is 1. The molecule has 6 rings (SSSR count). The van der Waals surface area contributed by atoms with Gasteiger partial charge in [0.15, 0.2) is 0 Å². The van der Waals surface area contributed by atoms with E-state index in [1.54, 1.807) is 16.7 Å². The molecule has 4 aliphatic heterocycles. The molecule has 1 unspecified atom stereocenters. The minimum absolute atomic E-state index is 0.0483. The molecule has 2 saturated heterocycles. The summed E-state index contributed by atoms with van der Waals surface area (Å²) >= 11 is 1.58. The predicted molar refractivity (Wildman–Crippen MR) is 154 cm³/mol. The van der Waals surface area contributed by atoms with Crippen LogP contribution in [0.5, 0.6) is 0 Å². The molecule has 1 aromatic carbocycles. The lowest BCUT2D eigenvalue weighted by atomic mass is 9.78. The van der Waals surface area contributed by atoms with Crippen LogP contribution in [-0.4, -0.2) is 80.6 Å². The van der Waals surface area contributed by atoms with Crippen LogP contribution >= 0.6 is 11.8 Å². The Kier molecular flexibility index (Phi) is 8.09. The molecule has 1 N–H and O–H groups in total. The Morgan fingerprint density at radius 3 is 2.58 bits per heavy atom. The van der Waals surface area contributed by atoms with Crippen molar-refractivity contribution in [1.82, 2.24) is 9.80 Å². The molecule has 2 amide bonds. The maximum absolute atomic E-state index is 14.7.